The molecule has 1 aliphatic carbocycles. The third kappa shape index (κ3) is 5.98. The molecule has 0 bridgehead atoms. The average molecular weight is 433 g/mol. The molecule has 1 heterocycles. The Morgan fingerprint density at radius 3 is 2.55 bits per heavy atom. The van der Waals surface area contributed by atoms with Gasteiger partial charge in [-0.25, -0.2) is 0 Å². The van der Waals surface area contributed by atoms with Crippen LogP contribution in [0.5, 0.6) is 5.75 Å². The summed E-state index contributed by atoms with van der Waals surface area (Å²) in [7, 11) is 5.11. The van der Waals surface area contributed by atoms with E-state index in [1.807, 2.05) is 23.1 Å². The first-order valence-corrected chi connectivity index (χ1v) is 11.3. The fourth-order valence-electron chi connectivity index (χ4n) is 4.02. The van der Waals surface area contributed by atoms with Crippen molar-refractivity contribution in [2.75, 3.05) is 41.0 Å². The summed E-state index contributed by atoms with van der Waals surface area (Å²) in [4.78, 5) is 29.5. The summed E-state index contributed by atoms with van der Waals surface area (Å²) >= 11 is 0. The predicted molar refractivity (Wildman–Crippen MR) is 118 cm³/mol. The minimum absolute atomic E-state index is 0.0886. The summed E-state index contributed by atoms with van der Waals surface area (Å²) in [5.74, 6) is 0.536. The first-order valence-electron chi connectivity index (χ1n) is 11.3. The molecule has 2 fully saturated rings. The van der Waals surface area contributed by atoms with E-state index in [2.05, 4.69) is 6.92 Å². The molecule has 2 atom stereocenters. The molecule has 2 amide bonds. The Morgan fingerprint density at radius 1 is 1.16 bits per heavy atom. The van der Waals surface area contributed by atoms with Gasteiger partial charge in [-0.1, -0.05) is 6.07 Å². The van der Waals surface area contributed by atoms with Gasteiger partial charge in [0.25, 0.3) is 11.8 Å². The Labute approximate surface area is 185 Å². The normalized spacial score (nSPS) is 19.5. The zero-order valence-electron chi connectivity index (χ0n) is 19.3. The highest BCUT2D eigenvalue weighted by atomic mass is 16.5. The first kappa shape index (κ1) is 23.5. The Kier molecular flexibility index (Phi) is 8.32. The van der Waals surface area contributed by atoms with Crippen LogP contribution >= 0.6 is 0 Å². The zero-order chi connectivity index (χ0) is 22.4. The Balaban J connectivity index is 1.83. The van der Waals surface area contributed by atoms with E-state index in [0.29, 0.717) is 31.1 Å². The fourth-order valence-corrected chi connectivity index (χ4v) is 4.02. The highest BCUT2D eigenvalue weighted by Gasteiger charge is 2.40. The minimum atomic E-state index is -0.337. The summed E-state index contributed by atoms with van der Waals surface area (Å²) in [6.07, 6.45) is 5.30. The Bertz CT molecular complexity index is 756. The second-order valence-corrected chi connectivity index (χ2v) is 8.66. The molecule has 7 nitrogen and oxygen atoms in total. The standard InChI is InChI=1S/C24H36N2O5/c1-17(26(19-10-11-19)24(28)21-8-5-6-14-30-21)18-9-12-20(23(27)25(2)3)22(16-18)31-15-7-13-29-4/h9,12,16-17,19,21H,5-8,10-11,13-15H2,1-4H3/t17?,21-/m1/s1. The SMILES string of the molecule is COCCCOc1cc(C(C)N(C(=O)[C@H]2CCCCO2)C2CC2)ccc1C(=O)N(C)C. The largest absolute Gasteiger partial charge is 0.493 e. The molecular formula is C24H36N2O5. The predicted octanol–water partition coefficient (Wildman–Crippen LogP) is 3.42. The maximum atomic E-state index is 13.3. The van der Waals surface area contributed by atoms with Crippen LogP contribution in [0.15, 0.2) is 18.2 Å². The molecule has 0 N–H and O–H groups in total. The molecule has 1 aliphatic heterocycles. The van der Waals surface area contributed by atoms with Gasteiger partial charge in [-0.3, -0.25) is 9.59 Å². The van der Waals surface area contributed by atoms with E-state index in [4.69, 9.17) is 14.2 Å². The van der Waals surface area contributed by atoms with Gasteiger partial charge in [0, 0.05) is 46.9 Å². The van der Waals surface area contributed by atoms with Gasteiger partial charge in [-0.2, -0.15) is 0 Å². The van der Waals surface area contributed by atoms with Crippen LogP contribution in [0.2, 0.25) is 0 Å². The topological polar surface area (TPSA) is 68.3 Å². The summed E-state index contributed by atoms with van der Waals surface area (Å²) in [5, 5.41) is 0. The van der Waals surface area contributed by atoms with Crippen molar-refractivity contribution < 1.29 is 23.8 Å². The van der Waals surface area contributed by atoms with Crippen LogP contribution in [-0.2, 0) is 14.3 Å². The number of carbonyl (C=O) groups is 2. The lowest BCUT2D eigenvalue weighted by atomic mass is 10.0. The van der Waals surface area contributed by atoms with Gasteiger partial charge in [0.1, 0.15) is 11.9 Å². The van der Waals surface area contributed by atoms with Crippen LogP contribution in [0.3, 0.4) is 0 Å². The molecular weight excluding hydrogens is 396 g/mol. The van der Waals surface area contributed by atoms with Gasteiger partial charge >= 0.3 is 0 Å². The van der Waals surface area contributed by atoms with E-state index in [1.165, 1.54) is 0 Å². The van der Waals surface area contributed by atoms with Crippen LogP contribution in [0.25, 0.3) is 0 Å². The summed E-state index contributed by atoms with van der Waals surface area (Å²) in [6, 6.07) is 5.82. The van der Waals surface area contributed by atoms with Crippen molar-refractivity contribution in [3.05, 3.63) is 29.3 Å². The van der Waals surface area contributed by atoms with E-state index in [9.17, 15) is 9.59 Å². The molecule has 7 heteroatoms. The lowest BCUT2D eigenvalue weighted by Crippen LogP contribution is -2.44. The van der Waals surface area contributed by atoms with Gasteiger partial charge < -0.3 is 24.0 Å². The van der Waals surface area contributed by atoms with Crippen LogP contribution in [0, 0.1) is 0 Å². The van der Waals surface area contributed by atoms with Crippen LogP contribution in [0.1, 0.15) is 67.4 Å². The zero-order valence-corrected chi connectivity index (χ0v) is 19.3. The van der Waals surface area contributed by atoms with Gasteiger partial charge in [-0.15, -0.1) is 0 Å². The van der Waals surface area contributed by atoms with Crippen molar-refractivity contribution in [1.82, 2.24) is 9.80 Å². The van der Waals surface area contributed by atoms with Crippen LogP contribution in [-0.4, -0.2) is 74.8 Å². The summed E-state index contributed by atoms with van der Waals surface area (Å²) in [6.45, 7) is 3.76. The molecule has 1 saturated carbocycles. The van der Waals surface area contributed by atoms with Gasteiger partial charge in [0.05, 0.1) is 18.2 Å². The summed E-state index contributed by atoms with van der Waals surface area (Å²) < 4.78 is 16.9. The maximum absolute atomic E-state index is 13.3. The molecule has 2 aliphatic rings. The smallest absolute Gasteiger partial charge is 0.257 e. The average Bonchev–Trinajstić information content (AvgIpc) is 3.61. The van der Waals surface area contributed by atoms with E-state index < -0.39 is 0 Å². The molecule has 1 aromatic carbocycles. The number of nitrogens with zero attached hydrogens (tertiary/aromatic N) is 2. The maximum Gasteiger partial charge on any atom is 0.257 e. The molecule has 3 rings (SSSR count). The second-order valence-electron chi connectivity index (χ2n) is 8.66. The number of ether oxygens (including phenoxy) is 3. The number of hydrogen-bond donors (Lipinski definition) is 0. The van der Waals surface area contributed by atoms with E-state index in [0.717, 1.165) is 44.1 Å². The number of rotatable bonds is 10. The lowest BCUT2D eigenvalue weighted by molar-refractivity contribution is -0.149. The summed E-state index contributed by atoms with van der Waals surface area (Å²) in [5.41, 5.74) is 1.49. The van der Waals surface area contributed by atoms with Crippen molar-refractivity contribution in [2.24, 2.45) is 0 Å². The van der Waals surface area contributed by atoms with Gasteiger partial charge in [-0.05, 0) is 56.7 Å². The lowest BCUT2D eigenvalue weighted by Gasteiger charge is -2.34. The molecule has 31 heavy (non-hydrogen) atoms. The van der Waals surface area contributed by atoms with Crippen molar-refractivity contribution in [3.8, 4) is 5.75 Å². The second kappa shape index (κ2) is 11.0. The highest BCUT2D eigenvalue weighted by molar-refractivity contribution is 5.96. The van der Waals surface area contributed by atoms with Gasteiger partial charge in [0.15, 0.2) is 0 Å². The van der Waals surface area contributed by atoms with Crippen molar-refractivity contribution in [2.45, 2.75) is 63.6 Å². The minimum Gasteiger partial charge on any atom is -0.493 e. The monoisotopic (exact) mass is 432 g/mol. The van der Waals surface area contributed by atoms with Gasteiger partial charge in [0.2, 0.25) is 0 Å². The van der Waals surface area contributed by atoms with Crippen molar-refractivity contribution in [1.29, 1.82) is 0 Å². The number of methoxy groups -OCH3 is 1. The van der Waals surface area contributed by atoms with Crippen molar-refractivity contribution in [3.63, 3.8) is 0 Å². The molecule has 1 aromatic rings. The van der Waals surface area contributed by atoms with Crippen molar-refractivity contribution >= 4 is 11.8 Å². The van der Waals surface area contributed by atoms with E-state index in [1.54, 1.807) is 26.1 Å². The number of amides is 2. The highest BCUT2D eigenvalue weighted by Crippen LogP contribution is 2.37. The molecule has 172 valence electrons. The van der Waals surface area contributed by atoms with Crippen LogP contribution < -0.4 is 4.74 Å². The van der Waals surface area contributed by atoms with E-state index >= 15 is 0 Å². The van der Waals surface area contributed by atoms with E-state index in [-0.39, 0.29) is 30.0 Å². The quantitative estimate of drug-likeness (QED) is 0.530. The Morgan fingerprint density at radius 2 is 1.94 bits per heavy atom. The number of carbonyl (C=O) groups excluding carboxylic acids is 2. The fraction of sp³-hybridized carbons (Fsp3) is 0.667. The number of benzene rings is 1. The third-order valence-corrected chi connectivity index (χ3v) is 5.94. The first-order chi connectivity index (χ1) is 14.9. The number of hydrogen-bond acceptors (Lipinski definition) is 5. The molecule has 1 unspecified atom stereocenters. The molecule has 0 aromatic heterocycles. The molecule has 1 saturated heterocycles. The van der Waals surface area contributed by atoms with Crippen LogP contribution in [0.4, 0.5) is 0 Å². The third-order valence-electron chi connectivity index (χ3n) is 5.94. The molecule has 0 spiro atoms. The molecule has 0 radical (unpaired) electrons. The Hall–Kier alpha value is -2.12.